The quantitative estimate of drug-likeness (QED) is 0.611. The Hall–Kier alpha value is -1.99. The summed E-state index contributed by atoms with van der Waals surface area (Å²) in [7, 11) is 3.18. The molecule has 0 aliphatic rings. The first kappa shape index (κ1) is 22.3. The lowest BCUT2D eigenvalue weighted by molar-refractivity contribution is -0.138. The lowest BCUT2D eigenvalue weighted by Crippen LogP contribution is -2.47. The van der Waals surface area contributed by atoms with E-state index in [1.807, 2.05) is 48.5 Å². The summed E-state index contributed by atoms with van der Waals surface area (Å²) in [5.41, 5.74) is 2.07. The highest BCUT2D eigenvalue weighted by Gasteiger charge is 2.25. The molecule has 0 bridgehead atoms. The third-order valence-electron chi connectivity index (χ3n) is 4.31. The van der Waals surface area contributed by atoms with Gasteiger partial charge in [-0.2, -0.15) is 0 Å². The van der Waals surface area contributed by atoms with Crippen molar-refractivity contribution in [3.05, 3.63) is 64.1 Å². The molecule has 5 nitrogen and oxygen atoms in total. The van der Waals surface area contributed by atoms with E-state index in [9.17, 15) is 9.59 Å². The van der Waals surface area contributed by atoms with Gasteiger partial charge in [0.2, 0.25) is 11.8 Å². The Morgan fingerprint density at radius 1 is 1.18 bits per heavy atom. The Kier molecular flexibility index (Phi) is 8.86. The van der Waals surface area contributed by atoms with Crippen LogP contribution < -0.4 is 10.1 Å². The van der Waals surface area contributed by atoms with Crippen LogP contribution >= 0.6 is 27.7 Å². The monoisotopic (exact) mass is 464 g/mol. The van der Waals surface area contributed by atoms with Crippen LogP contribution in [0.25, 0.3) is 0 Å². The molecule has 2 rings (SSSR count). The molecule has 28 heavy (non-hydrogen) atoms. The van der Waals surface area contributed by atoms with Crippen molar-refractivity contribution in [3.8, 4) is 5.75 Å². The highest BCUT2D eigenvalue weighted by molar-refractivity contribution is 9.10. The molecule has 1 atom stereocenters. The Labute approximate surface area is 179 Å². The highest BCUT2D eigenvalue weighted by atomic mass is 79.9. The number of methoxy groups -OCH3 is 1. The van der Waals surface area contributed by atoms with Crippen molar-refractivity contribution >= 4 is 39.5 Å². The van der Waals surface area contributed by atoms with Crippen LogP contribution in [-0.2, 0) is 21.9 Å². The zero-order valence-corrected chi connectivity index (χ0v) is 18.7. The van der Waals surface area contributed by atoms with E-state index in [0.717, 1.165) is 27.1 Å². The number of rotatable bonds is 9. The first-order valence-electron chi connectivity index (χ1n) is 8.90. The number of carbonyl (C=O) groups excluding carboxylic acids is 2. The fourth-order valence-electron chi connectivity index (χ4n) is 2.68. The number of carbonyl (C=O) groups is 2. The topological polar surface area (TPSA) is 58.6 Å². The SMILES string of the molecule is CNC(=O)[C@@H](C)N(Cc1cccc(OC)c1)C(=O)CSCc1ccc(Br)cc1. The van der Waals surface area contributed by atoms with Gasteiger partial charge in [-0.1, -0.05) is 40.2 Å². The van der Waals surface area contributed by atoms with Gasteiger partial charge < -0.3 is 15.0 Å². The Morgan fingerprint density at radius 3 is 2.54 bits per heavy atom. The van der Waals surface area contributed by atoms with Crippen LogP contribution in [0.1, 0.15) is 18.1 Å². The van der Waals surface area contributed by atoms with Crippen LogP contribution in [0, 0.1) is 0 Å². The first-order valence-corrected chi connectivity index (χ1v) is 10.9. The van der Waals surface area contributed by atoms with Crippen molar-refractivity contribution in [1.29, 1.82) is 0 Å². The summed E-state index contributed by atoms with van der Waals surface area (Å²) in [6.45, 7) is 2.10. The van der Waals surface area contributed by atoms with E-state index >= 15 is 0 Å². The third kappa shape index (κ3) is 6.56. The summed E-state index contributed by atoms with van der Waals surface area (Å²) in [6, 6.07) is 15.0. The highest BCUT2D eigenvalue weighted by Crippen LogP contribution is 2.19. The van der Waals surface area contributed by atoms with Crippen molar-refractivity contribution in [1.82, 2.24) is 10.2 Å². The average molecular weight is 465 g/mol. The number of nitrogens with one attached hydrogen (secondary N) is 1. The second-order valence-corrected chi connectivity index (χ2v) is 8.18. The van der Waals surface area contributed by atoms with Crippen LogP contribution in [0.15, 0.2) is 53.0 Å². The zero-order valence-electron chi connectivity index (χ0n) is 16.3. The summed E-state index contributed by atoms with van der Waals surface area (Å²) in [4.78, 5) is 26.7. The number of hydrogen-bond acceptors (Lipinski definition) is 4. The molecule has 2 aromatic carbocycles. The van der Waals surface area contributed by atoms with Crippen LogP contribution in [0.4, 0.5) is 0 Å². The number of amides is 2. The van der Waals surface area contributed by atoms with Gasteiger partial charge in [0, 0.05) is 23.8 Å². The maximum absolute atomic E-state index is 12.9. The Morgan fingerprint density at radius 2 is 1.89 bits per heavy atom. The standard InChI is InChI=1S/C21H25BrN2O3S/c1-15(21(26)23-2)24(12-17-5-4-6-19(11-17)27-3)20(25)14-28-13-16-7-9-18(22)10-8-16/h4-11,15H,12-14H2,1-3H3,(H,23,26)/t15-/m1/s1. The Balaban J connectivity index is 2.05. The number of likely N-dealkylation sites (N-methyl/N-ethyl adjacent to an activating group) is 1. The van der Waals surface area contributed by atoms with Crippen molar-refractivity contribution in [2.45, 2.75) is 25.3 Å². The molecular formula is C21H25BrN2O3S. The van der Waals surface area contributed by atoms with Gasteiger partial charge in [-0.25, -0.2) is 0 Å². The van der Waals surface area contributed by atoms with E-state index in [2.05, 4.69) is 21.2 Å². The van der Waals surface area contributed by atoms with Gasteiger partial charge in [-0.05, 0) is 42.3 Å². The second-order valence-electron chi connectivity index (χ2n) is 6.28. The lowest BCUT2D eigenvalue weighted by atomic mass is 10.1. The van der Waals surface area contributed by atoms with Gasteiger partial charge >= 0.3 is 0 Å². The molecule has 150 valence electrons. The lowest BCUT2D eigenvalue weighted by Gasteiger charge is -2.28. The molecule has 0 aromatic heterocycles. The fourth-order valence-corrected chi connectivity index (χ4v) is 3.81. The zero-order chi connectivity index (χ0) is 20.5. The molecule has 7 heteroatoms. The molecule has 1 N–H and O–H groups in total. The van der Waals surface area contributed by atoms with E-state index in [1.54, 1.807) is 37.7 Å². The minimum atomic E-state index is -0.558. The van der Waals surface area contributed by atoms with Gasteiger partial charge in [-0.3, -0.25) is 9.59 Å². The molecular weight excluding hydrogens is 440 g/mol. The van der Waals surface area contributed by atoms with Crippen LogP contribution in [-0.4, -0.2) is 42.7 Å². The van der Waals surface area contributed by atoms with Crippen molar-refractivity contribution < 1.29 is 14.3 Å². The summed E-state index contributed by atoms with van der Waals surface area (Å²) >= 11 is 4.96. The average Bonchev–Trinajstić information content (AvgIpc) is 2.72. The largest absolute Gasteiger partial charge is 0.497 e. The van der Waals surface area contributed by atoms with Gasteiger partial charge in [0.1, 0.15) is 11.8 Å². The minimum Gasteiger partial charge on any atom is -0.497 e. The number of nitrogens with zero attached hydrogens (tertiary/aromatic N) is 1. The van der Waals surface area contributed by atoms with E-state index in [1.165, 1.54) is 0 Å². The van der Waals surface area contributed by atoms with Crippen LogP contribution in [0.2, 0.25) is 0 Å². The van der Waals surface area contributed by atoms with Gasteiger partial charge in [0.15, 0.2) is 0 Å². The Bertz CT molecular complexity index is 798. The van der Waals surface area contributed by atoms with Gasteiger partial charge in [0.05, 0.1) is 12.9 Å². The number of thioether (sulfide) groups is 1. The van der Waals surface area contributed by atoms with Gasteiger partial charge in [-0.15, -0.1) is 11.8 Å². The molecule has 0 spiro atoms. The second kappa shape index (κ2) is 11.1. The summed E-state index contributed by atoms with van der Waals surface area (Å²) < 4.78 is 6.29. The molecule has 0 radical (unpaired) electrons. The molecule has 2 aromatic rings. The van der Waals surface area contributed by atoms with Crippen LogP contribution in [0.3, 0.4) is 0 Å². The van der Waals surface area contributed by atoms with Crippen molar-refractivity contribution in [2.24, 2.45) is 0 Å². The smallest absolute Gasteiger partial charge is 0.242 e. The fraction of sp³-hybridized carbons (Fsp3) is 0.333. The van der Waals surface area contributed by atoms with E-state index in [-0.39, 0.29) is 11.8 Å². The van der Waals surface area contributed by atoms with Gasteiger partial charge in [0.25, 0.3) is 0 Å². The van der Waals surface area contributed by atoms with E-state index < -0.39 is 6.04 Å². The third-order valence-corrected chi connectivity index (χ3v) is 5.83. The molecule has 0 aliphatic heterocycles. The molecule has 0 saturated heterocycles. The molecule has 0 aliphatic carbocycles. The number of benzene rings is 2. The summed E-state index contributed by atoms with van der Waals surface area (Å²) in [6.07, 6.45) is 0. The van der Waals surface area contributed by atoms with E-state index in [0.29, 0.717) is 12.3 Å². The maximum Gasteiger partial charge on any atom is 0.242 e. The first-order chi connectivity index (χ1) is 13.4. The molecule has 0 unspecified atom stereocenters. The minimum absolute atomic E-state index is 0.0685. The van der Waals surface area contributed by atoms with Crippen molar-refractivity contribution in [2.75, 3.05) is 19.9 Å². The van der Waals surface area contributed by atoms with E-state index in [4.69, 9.17) is 4.74 Å². The maximum atomic E-state index is 12.9. The van der Waals surface area contributed by atoms with Crippen LogP contribution in [0.5, 0.6) is 5.75 Å². The predicted octanol–water partition coefficient (Wildman–Crippen LogP) is 3.85. The summed E-state index contributed by atoms with van der Waals surface area (Å²) in [5, 5.41) is 2.63. The predicted molar refractivity (Wildman–Crippen MR) is 117 cm³/mol. The molecule has 0 heterocycles. The summed E-state index contributed by atoms with van der Waals surface area (Å²) in [5.74, 6) is 1.51. The normalized spacial score (nSPS) is 11.6. The number of halogens is 1. The molecule has 2 amide bonds. The molecule has 0 saturated carbocycles. The van der Waals surface area contributed by atoms with Crippen molar-refractivity contribution in [3.63, 3.8) is 0 Å². The molecule has 0 fully saturated rings. The number of ether oxygens (including phenoxy) is 1. The number of hydrogen-bond donors (Lipinski definition) is 1.